The van der Waals surface area contributed by atoms with Crippen LogP contribution in [0.15, 0.2) is 53.5 Å². The molecule has 2 aliphatic rings. The topological polar surface area (TPSA) is 70.0 Å². The van der Waals surface area contributed by atoms with Crippen molar-refractivity contribution in [1.82, 2.24) is 0 Å². The summed E-state index contributed by atoms with van der Waals surface area (Å²) < 4.78 is 0. The maximum Gasteiger partial charge on any atom is 0.323 e. The van der Waals surface area contributed by atoms with Crippen LogP contribution in [0.4, 0.5) is 5.69 Å². The number of carbonyl (C=O) groups excluding carboxylic acids is 1. The van der Waals surface area contributed by atoms with E-state index < -0.39 is 18.6 Å². The first-order valence-corrected chi connectivity index (χ1v) is 9.37. The van der Waals surface area contributed by atoms with Crippen LogP contribution in [0.3, 0.4) is 0 Å². The minimum absolute atomic E-state index is 0.265. The molecule has 27 heavy (non-hydrogen) atoms. The SMILES string of the molecule is O=C(O)CN1C(=O)C(CC2CC2)N=C(c2ccccc2)c2cc(Cl)ccc21. The average Bonchev–Trinajstić information content (AvgIpc) is 3.48. The highest BCUT2D eigenvalue weighted by Crippen LogP contribution is 2.37. The number of carbonyl (C=O) groups is 2. The van der Waals surface area contributed by atoms with E-state index in [0.717, 1.165) is 18.4 Å². The van der Waals surface area contributed by atoms with Crippen LogP contribution in [0.25, 0.3) is 0 Å². The second-order valence-electron chi connectivity index (χ2n) is 7.02. The Morgan fingerprint density at radius 1 is 1.19 bits per heavy atom. The van der Waals surface area contributed by atoms with Gasteiger partial charge in [0.25, 0.3) is 5.91 Å². The summed E-state index contributed by atoms with van der Waals surface area (Å²) in [5.41, 5.74) is 2.78. The van der Waals surface area contributed by atoms with E-state index in [4.69, 9.17) is 16.6 Å². The number of carboxylic acid groups (broad SMARTS) is 1. The Labute approximate surface area is 162 Å². The molecule has 4 rings (SSSR count). The van der Waals surface area contributed by atoms with E-state index in [1.807, 2.05) is 30.3 Å². The summed E-state index contributed by atoms with van der Waals surface area (Å²) >= 11 is 6.23. The lowest BCUT2D eigenvalue weighted by atomic mass is 10.00. The van der Waals surface area contributed by atoms with Crippen molar-refractivity contribution in [3.05, 3.63) is 64.7 Å². The molecule has 1 aliphatic carbocycles. The van der Waals surface area contributed by atoms with E-state index in [2.05, 4.69) is 0 Å². The van der Waals surface area contributed by atoms with Crippen LogP contribution in [0, 0.1) is 5.92 Å². The smallest absolute Gasteiger partial charge is 0.323 e. The largest absolute Gasteiger partial charge is 0.480 e. The van der Waals surface area contributed by atoms with Gasteiger partial charge in [0.1, 0.15) is 12.6 Å². The van der Waals surface area contributed by atoms with Crippen LogP contribution in [-0.2, 0) is 9.59 Å². The zero-order valence-electron chi connectivity index (χ0n) is 14.6. The maximum atomic E-state index is 13.2. The lowest BCUT2D eigenvalue weighted by Gasteiger charge is -2.23. The van der Waals surface area contributed by atoms with Crippen molar-refractivity contribution in [2.45, 2.75) is 25.3 Å². The van der Waals surface area contributed by atoms with Crippen molar-refractivity contribution < 1.29 is 14.7 Å². The van der Waals surface area contributed by atoms with E-state index in [1.165, 1.54) is 4.90 Å². The molecule has 1 N–H and O–H groups in total. The molecular formula is C21H19ClN2O3. The first kappa shape index (κ1) is 17.7. The Hall–Kier alpha value is -2.66. The second kappa shape index (κ2) is 7.16. The summed E-state index contributed by atoms with van der Waals surface area (Å²) in [6.07, 6.45) is 2.84. The highest BCUT2D eigenvalue weighted by molar-refractivity contribution is 6.32. The molecule has 0 aromatic heterocycles. The molecule has 1 atom stereocenters. The predicted molar refractivity (Wildman–Crippen MR) is 105 cm³/mol. The van der Waals surface area contributed by atoms with Gasteiger partial charge in [0.2, 0.25) is 0 Å². The van der Waals surface area contributed by atoms with Crippen LogP contribution >= 0.6 is 11.6 Å². The minimum atomic E-state index is -1.06. The van der Waals surface area contributed by atoms with Gasteiger partial charge >= 0.3 is 5.97 Å². The number of fused-ring (bicyclic) bond motifs is 1. The third-order valence-electron chi connectivity index (χ3n) is 4.93. The van der Waals surface area contributed by atoms with Gasteiger partial charge in [-0.2, -0.15) is 0 Å². The minimum Gasteiger partial charge on any atom is -0.480 e. The highest BCUT2D eigenvalue weighted by Gasteiger charge is 2.36. The summed E-state index contributed by atoms with van der Waals surface area (Å²) in [5.74, 6) is -0.840. The van der Waals surface area contributed by atoms with Gasteiger partial charge in [0, 0.05) is 16.1 Å². The molecule has 1 fully saturated rings. The standard InChI is InChI=1S/C21H19ClN2O3/c22-15-8-9-18-16(11-15)20(14-4-2-1-3-5-14)23-17(10-13-6-7-13)21(27)24(18)12-19(25)26/h1-5,8-9,11,13,17H,6-7,10,12H2,(H,25,26). The van der Waals surface area contributed by atoms with Gasteiger partial charge in [-0.3, -0.25) is 19.5 Å². The fourth-order valence-corrected chi connectivity index (χ4v) is 3.63. The Morgan fingerprint density at radius 3 is 2.59 bits per heavy atom. The molecule has 1 unspecified atom stereocenters. The predicted octanol–water partition coefficient (Wildman–Crippen LogP) is 3.78. The van der Waals surface area contributed by atoms with Crippen LogP contribution in [0.1, 0.15) is 30.4 Å². The number of nitrogens with zero attached hydrogens (tertiary/aromatic N) is 2. The van der Waals surface area contributed by atoms with Crippen LogP contribution in [0.5, 0.6) is 0 Å². The summed E-state index contributed by atoms with van der Waals surface area (Å²) in [4.78, 5) is 30.8. The summed E-state index contributed by atoms with van der Waals surface area (Å²) in [7, 11) is 0. The van der Waals surface area contributed by atoms with Crippen LogP contribution in [-0.4, -0.2) is 35.3 Å². The molecule has 0 bridgehead atoms. The molecule has 0 saturated heterocycles. The summed E-state index contributed by atoms with van der Waals surface area (Å²) in [6, 6.07) is 14.2. The summed E-state index contributed by atoms with van der Waals surface area (Å²) in [5, 5.41) is 9.88. The van der Waals surface area contributed by atoms with E-state index in [9.17, 15) is 14.7 Å². The molecule has 1 aliphatic heterocycles. The van der Waals surface area contributed by atoms with Gasteiger partial charge in [-0.1, -0.05) is 54.8 Å². The number of hydrogen-bond donors (Lipinski definition) is 1. The molecule has 1 amide bonds. The molecule has 1 saturated carbocycles. The molecule has 5 nitrogen and oxygen atoms in total. The van der Waals surface area contributed by atoms with Crippen LogP contribution < -0.4 is 4.90 Å². The van der Waals surface area contributed by atoms with Crippen LogP contribution in [0.2, 0.25) is 5.02 Å². The van der Waals surface area contributed by atoms with Crippen molar-refractivity contribution in [3.8, 4) is 0 Å². The molecule has 0 radical (unpaired) electrons. The molecule has 6 heteroatoms. The number of anilines is 1. The number of benzodiazepines with no additional fused rings is 1. The van der Waals surface area contributed by atoms with Gasteiger partial charge in [0.05, 0.1) is 11.4 Å². The Kier molecular flexibility index (Phi) is 4.70. The number of aliphatic imine (C=N–C) groups is 1. The monoisotopic (exact) mass is 382 g/mol. The van der Waals surface area contributed by atoms with Crippen molar-refractivity contribution in [1.29, 1.82) is 0 Å². The van der Waals surface area contributed by atoms with Gasteiger partial charge in [0.15, 0.2) is 0 Å². The zero-order valence-corrected chi connectivity index (χ0v) is 15.4. The first-order chi connectivity index (χ1) is 13.0. The van der Waals surface area contributed by atoms with E-state index in [1.54, 1.807) is 18.2 Å². The number of hydrogen-bond acceptors (Lipinski definition) is 3. The lowest BCUT2D eigenvalue weighted by molar-refractivity contribution is -0.136. The van der Waals surface area contributed by atoms with Gasteiger partial charge < -0.3 is 5.11 Å². The van der Waals surface area contributed by atoms with E-state index >= 15 is 0 Å². The average molecular weight is 383 g/mol. The number of carboxylic acids is 1. The first-order valence-electron chi connectivity index (χ1n) is 8.99. The van der Waals surface area contributed by atoms with E-state index in [-0.39, 0.29) is 5.91 Å². The summed E-state index contributed by atoms with van der Waals surface area (Å²) in [6.45, 7) is -0.397. The fraction of sp³-hybridized carbons (Fsp3) is 0.286. The number of halogens is 1. The Balaban J connectivity index is 1.89. The third-order valence-corrected chi connectivity index (χ3v) is 5.17. The molecule has 2 aromatic carbocycles. The Bertz CT molecular complexity index is 922. The molecule has 1 heterocycles. The molecular weight excluding hydrogens is 364 g/mol. The van der Waals surface area contributed by atoms with Gasteiger partial charge in [-0.25, -0.2) is 0 Å². The molecule has 2 aromatic rings. The molecule has 0 spiro atoms. The quantitative estimate of drug-likeness (QED) is 0.855. The number of rotatable bonds is 5. The number of amides is 1. The maximum absolute atomic E-state index is 13.2. The van der Waals surface area contributed by atoms with Crippen molar-refractivity contribution >= 4 is 34.9 Å². The third kappa shape index (κ3) is 3.74. The Morgan fingerprint density at radius 2 is 1.93 bits per heavy atom. The zero-order chi connectivity index (χ0) is 19.0. The van der Waals surface area contributed by atoms with E-state index in [0.29, 0.717) is 34.3 Å². The van der Waals surface area contributed by atoms with Crippen molar-refractivity contribution in [2.75, 3.05) is 11.4 Å². The number of aliphatic carboxylic acids is 1. The van der Waals surface area contributed by atoms with Crippen molar-refractivity contribution in [2.24, 2.45) is 10.9 Å². The normalized spacial score (nSPS) is 19.3. The molecule has 138 valence electrons. The lowest BCUT2D eigenvalue weighted by Crippen LogP contribution is -2.41. The van der Waals surface area contributed by atoms with Crippen molar-refractivity contribution in [3.63, 3.8) is 0 Å². The van der Waals surface area contributed by atoms with Gasteiger partial charge in [-0.15, -0.1) is 0 Å². The fourth-order valence-electron chi connectivity index (χ4n) is 3.46. The number of benzene rings is 2. The second-order valence-corrected chi connectivity index (χ2v) is 7.45. The van der Waals surface area contributed by atoms with Gasteiger partial charge in [-0.05, 0) is 30.5 Å². The highest BCUT2D eigenvalue weighted by atomic mass is 35.5.